The Morgan fingerprint density at radius 3 is 2.74 bits per heavy atom. The van der Waals surface area contributed by atoms with E-state index in [1.54, 1.807) is 19.3 Å². The van der Waals surface area contributed by atoms with Gasteiger partial charge >= 0.3 is 12.0 Å². The molecule has 0 aliphatic carbocycles. The lowest BCUT2D eigenvalue weighted by Gasteiger charge is -2.12. The van der Waals surface area contributed by atoms with Crippen LogP contribution in [-0.4, -0.2) is 28.6 Å². The van der Waals surface area contributed by atoms with Crippen LogP contribution in [0.4, 0.5) is 4.79 Å². The van der Waals surface area contributed by atoms with Crippen molar-refractivity contribution in [3.8, 4) is 0 Å². The zero-order chi connectivity index (χ0) is 14.3. The fourth-order valence-corrected chi connectivity index (χ4v) is 1.56. The number of nitrogens with one attached hydrogen (secondary N) is 2. The van der Waals surface area contributed by atoms with Crippen LogP contribution in [0.15, 0.2) is 18.5 Å². The Hall–Kier alpha value is -2.11. The van der Waals surface area contributed by atoms with E-state index in [9.17, 15) is 9.59 Å². The Morgan fingerprint density at radius 1 is 1.42 bits per heavy atom. The molecule has 3 N–H and O–H groups in total. The molecule has 0 aliphatic heterocycles. The minimum absolute atomic E-state index is 0.132. The summed E-state index contributed by atoms with van der Waals surface area (Å²) in [6.07, 6.45) is 3.88. The first-order valence-corrected chi connectivity index (χ1v) is 6.18. The highest BCUT2D eigenvalue weighted by Gasteiger charge is 2.15. The molecule has 0 bridgehead atoms. The van der Waals surface area contributed by atoms with Gasteiger partial charge in [0.05, 0.1) is 5.92 Å². The molecule has 1 rings (SSSR count). The summed E-state index contributed by atoms with van der Waals surface area (Å²) in [6, 6.07) is 1.47. The van der Waals surface area contributed by atoms with Crippen molar-refractivity contribution in [1.29, 1.82) is 0 Å². The van der Waals surface area contributed by atoms with Crippen LogP contribution < -0.4 is 10.6 Å². The monoisotopic (exact) mass is 265 g/mol. The van der Waals surface area contributed by atoms with Crippen molar-refractivity contribution >= 4 is 12.0 Å². The second-order valence-corrected chi connectivity index (χ2v) is 4.31. The fourth-order valence-electron chi connectivity index (χ4n) is 1.56. The molecule has 104 valence electrons. The van der Waals surface area contributed by atoms with Crippen LogP contribution in [0.25, 0.3) is 0 Å². The van der Waals surface area contributed by atoms with Crippen molar-refractivity contribution < 1.29 is 14.7 Å². The molecule has 6 nitrogen and oxygen atoms in total. The average Bonchev–Trinajstić information content (AvgIpc) is 2.38. The molecule has 0 spiro atoms. The van der Waals surface area contributed by atoms with Gasteiger partial charge < -0.3 is 15.7 Å². The van der Waals surface area contributed by atoms with Crippen LogP contribution in [0.2, 0.25) is 0 Å². The maximum atomic E-state index is 11.5. The lowest BCUT2D eigenvalue weighted by atomic mass is 10.1. The summed E-state index contributed by atoms with van der Waals surface area (Å²) in [5.74, 6) is -1.44. The summed E-state index contributed by atoms with van der Waals surface area (Å²) < 4.78 is 0. The third kappa shape index (κ3) is 4.95. The van der Waals surface area contributed by atoms with Gasteiger partial charge in [0.2, 0.25) is 0 Å². The molecule has 6 heteroatoms. The van der Waals surface area contributed by atoms with Crippen molar-refractivity contribution in [3.63, 3.8) is 0 Å². The average molecular weight is 265 g/mol. The van der Waals surface area contributed by atoms with Gasteiger partial charge in [-0.2, -0.15) is 0 Å². The predicted molar refractivity (Wildman–Crippen MR) is 70.6 cm³/mol. The van der Waals surface area contributed by atoms with Gasteiger partial charge in [-0.1, -0.05) is 6.92 Å². The van der Waals surface area contributed by atoms with E-state index in [1.807, 2.05) is 13.0 Å². The van der Waals surface area contributed by atoms with E-state index in [0.29, 0.717) is 13.0 Å². The highest BCUT2D eigenvalue weighted by molar-refractivity contribution is 5.75. The highest BCUT2D eigenvalue weighted by Crippen LogP contribution is 2.04. The molecule has 19 heavy (non-hydrogen) atoms. The Morgan fingerprint density at radius 2 is 2.16 bits per heavy atom. The van der Waals surface area contributed by atoms with Crippen LogP contribution in [0.1, 0.15) is 24.5 Å². The molecule has 0 aliphatic rings. The van der Waals surface area contributed by atoms with Gasteiger partial charge in [-0.15, -0.1) is 0 Å². The molecular formula is C13H19N3O3. The van der Waals surface area contributed by atoms with Gasteiger partial charge in [-0.3, -0.25) is 9.78 Å². The third-order valence-corrected chi connectivity index (χ3v) is 2.93. The number of aliphatic carboxylic acids is 1. The van der Waals surface area contributed by atoms with E-state index >= 15 is 0 Å². The van der Waals surface area contributed by atoms with Crippen LogP contribution in [0, 0.1) is 12.8 Å². The van der Waals surface area contributed by atoms with Crippen molar-refractivity contribution in [1.82, 2.24) is 15.6 Å². The number of aryl methyl sites for hydroxylation is 1. The van der Waals surface area contributed by atoms with Gasteiger partial charge in [0.25, 0.3) is 0 Å². The maximum absolute atomic E-state index is 11.5. The van der Waals surface area contributed by atoms with E-state index in [-0.39, 0.29) is 12.6 Å². The molecule has 1 unspecified atom stereocenters. The number of carboxylic acids is 1. The summed E-state index contributed by atoms with van der Waals surface area (Å²) >= 11 is 0. The molecule has 0 aromatic carbocycles. The normalized spacial score (nSPS) is 11.7. The molecule has 1 atom stereocenters. The van der Waals surface area contributed by atoms with Crippen molar-refractivity contribution in [2.24, 2.45) is 5.92 Å². The van der Waals surface area contributed by atoms with E-state index in [0.717, 1.165) is 11.1 Å². The smallest absolute Gasteiger partial charge is 0.315 e. The predicted octanol–water partition coefficient (Wildman–Crippen LogP) is 1.30. The number of pyridine rings is 1. The van der Waals surface area contributed by atoms with Crippen LogP contribution >= 0.6 is 0 Å². The van der Waals surface area contributed by atoms with Gasteiger partial charge in [0.15, 0.2) is 0 Å². The molecule has 1 aromatic rings. The summed E-state index contributed by atoms with van der Waals surface area (Å²) in [5, 5.41) is 14.1. The Bertz CT molecular complexity index is 449. The van der Waals surface area contributed by atoms with Gasteiger partial charge in [-0.25, -0.2) is 4.79 Å². The topological polar surface area (TPSA) is 91.3 Å². The van der Waals surface area contributed by atoms with E-state index < -0.39 is 11.9 Å². The van der Waals surface area contributed by atoms with E-state index in [1.165, 1.54) is 0 Å². The number of carbonyl (C=O) groups excluding carboxylic acids is 1. The zero-order valence-electron chi connectivity index (χ0n) is 11.1. The molecule has 0 saturated carbocycles. The molecule has 0 radical (unpaired) electrons. The van der Waals surface area contributed by atoms with Gasteiger partial charge in [0.1, 0.15) is 0 Å². The van der Waals surface area contributed by atoms with Crippen molar-refractivity contribution in [3.05, 3.63) is 29.6 Å². The summed E-state index contributed by atoms with van der Waals surface area (Å²) in [6.45, 7) is 4.22. The molecule has 0 saturated heterocycles. The van der Waals surface area contributed by atoms with Crippen molar-refractivity contribution in [2.75, 3.05) is 6.54 Å². The van der Waals surface area contributed by atoms with Crippen LogP contribution in [-0.2, 0) is 11.3 Å². The van der Waals surface area contributed by atoms with Crippen LogP contribution in [0.3, 0.4) is 0 Å². The second-order valence-electron chi connectivity index (χ2n) is 4.31. The molecule has 1 heterocycles. The minimum atomic E-state index is -0.896. The van der Waals surface area contributed by atoms with Crippen LogP contribution in [0.5, 0.6) is 0 Å². The maximum Gasteiger partial charge on any atom is 0.315 e. The largest absolute Gasteiger partial charge is 0.481 e. The first-order valence-electron chi connectivity index (χ1n) is 6.18. The molecule has 2 amide bonds. The number of aromatic nitrogens is 1. The number of rotatable bonds is 6. The number of hydrogen-bond donors (Lipinski definition) is 3. The van der Waals surface area contributed by atoms with E-state index in [2.05, 4.69) is 15.6 Å². The second kappa shape index (κ2) is 7.35. The number of carboxylic acid groups (broad SMARTS) is 1. The quantitative estimate of drug-likeness (QED) is 0.723. The number of amides is 2. The fraction of sp³-hybridized carbons (Fsp3) is 0.462. The minimum Gasteiger partial charge on any atom is -0.481 e. The third-order valence-electron chi connectivity index (χ3n) is 2.93. The standard InChI is InChI=1S/C13H19N3O3/c1-3-10(12(17)18)7-15-13(19)16-8-11-4-5-14-6-9(11)2/h4-6,10H,3,7-8H2,1-2H3,(H,17,18)(H2,15,16,19). The highest BCUT2D eigenvalue weighted by atomic mass is 16.4. The Balaban J connectivity index is 2.36. The molecule has 1 aromatic heterocycles. The van der Waals surface area contributed by atoms with Crippen molar-refractivity contribution in [2.45, 2.75) is 26.8 Å². The lowest BCUT2D eigenvalue weighted by Crippen LogP contribution is -2.39. The number of carbonyl (C=O) groups is 2. The van der Waals surface area contributed by atoms with Gasteiger partial charge in [-0.05, 0) is 30.5 Å². The summed E-state index contributed by atoms with van der Waals surface area (Å²) in [7, 11) is 0. The van der Waals surface area contributed by atoms with Gasteiger partial charge in [0, 0.05) is 25.5 Å². The Kier molecular flexibility index (Phi) is 5.78. The van der Waals surface area contributed by atoms with E-state index in [4.69, 9.17) is 5.11 Å². The first-order chi connectivity index (χ1) is 9.04. The summed E-state index contributed by atoms with van der Waals surface area (Å²) in [4.78, 5) is 26.3. The SMILES string of the molecule is CCC(CNC(=O)NCc1ccncc1C)C(=O)O. The summed E-state index contributed by atoms with van der Waals surface area (Å²) in [5.41, 5.74) is 1.98. The lowest BCUT2D eigenvalue weighted by molar-refractivity contribution is -0.141. The Labute approximate surface area is 112 Å². The number of hydrogen-bond acceptors (Lipinski definition) is 3. The molecular weight excluding hydrogens is 246 g/mol. The number of urea groups is 1. The first kappa shape index (κ1) is 14.9. The zero-order valence-corrected chi connectivity index (χ0v) is 11.1. The molecule has 0 fully saturated rings. The number of nitrogens with zero attached hydrogens (tertiary/aromatic N) is 1.